The summed E-state index contributed by atoms with van der Waals surface area (Å²) >= 11 is 6.51. The number of ether oxygens (including phenoxy) is 1. The molecule has 0 aliphatic carbocycles. The molecule has 2 rings (SSSR count). The van der Waals surface area contributed by atoms with Gasteiger partial charge >= 0.3 is 5.97 Å². The number of aryl methyl sites for hydroxylation is 1. The molecule has 0 aromatic carbocycles. The summed E-state index contributed by atoms with van der Waals surface area (Å²) in [5.41, 5.74) is 0.390. The van der Waals surface area contributed by atoms with Crippen LogP contribution >= 0.6 is 11.6 Å². The first-order valence-electron chi connectivity index (χ1n) is 11.9. The van der Waals surface area contributed by atoms with Gasteiger partial charge in [-0.3, -0.25) is 9.59 Å². The molecule has 2 N–H and O–H groups in total. The van der Waals surface area contributed by atoms with Crippen molar-refractivity contribution in [3.8, 4) is 0 Å². The van der Waals surface area contributed by atoms with Crippen molar-refractivity contribution in [3.05, 3.63) is 34.5 Å². The van der Waals surface area contributed by atoms with E-state index in [0.717, 1.165) is 24.8 Å². The van der Waals surface area contributed by atoms with E-state index in [4.69, 9.17) is 20.8 Å². The van der Waals surface area contributed by atoms with E-state index in [0.29, 0.717) is 18.0 Å². The smallest absolute Gasteiger partial charge is 0.309 e. The van der Waals surface area contributed by atoms with E-state index in [1.54, 1.807) is 33.8 Å². The third-order valence-electron chi connectivity index (χ3n) is 6.75. The molecular formula is C26H38ClNO6. The second-order valence-corrected chi connectivity index (χ2v) is 10.5. The Labute approximate surface area is 207 Å². The zero-order valence-corrected chi connectivity index (χ0v) is 21.8. The molecule has 0 radical (unpaired) electrons. The van der Waals surface area contributed by atoms with Crippen LogP contribution < -0.4 is 0 Å². The highest BCUT2D eigenvalue weighted by Crippen LogP contribution is 2.32. The first-order valence-corrected chi connectivity index (χ1v) is 12.3. The maximum Gasteiger partial charge on any atom is 0.309 e. The number of Topliss-reactive ketones (excluding diaryl/α,β-unsaturated/α-hetero) is 1. The molecule has 0 bridgehead atoms. The van der Waals surface area contributed by atoms with E-state index in [2.05, 4.69) is 4.98 Å². The minimum absolute atomic E-state index is 0.0754. The van der Waals surface area contributed by atoms with E-state index in [1.807, 2.05) is 19.9 Å². The quantitative estimate of drug-likeness (QED) is 0.440. The number of allylic oxidation sites excluding steroid dienone is 1. The molecule has 0 unspecified atom stereocenters. The number of carbonyl (C=O) groups is 2. The van der Waals surface area contributed by atoms with Gasteiger partial charge in [0.1, 0.15) is 23.8 Å². The van der Waals surface area contributed by atoms with Gasteiger partial charge in [0.25, 0.3) is 0 Å². The number of cyclic esters (lactones) is 1. The Morgan fingerprint density at radius 3 is 2.53 bits per heavy atom. The number of aromatic nitrogens is 1. The monoisotopic (exact) mass is 495 g/mol. The molecule has 1 aromatic heterocycles. The van der Waals surface area contributed by atoms with Gasteiger partial charge in [0.2, 0.25) is 0 Å². The predicted molar refractivity (Wildman–Crippen MR) is 131 cm³/mol. The molecule has 0 fully saturated rings. The summed E-state index contributed by atoms with van der Waals surface area (Å²) in [5.74, 6) is -1.21. The van der Waals surface area contributed by atoms with Crippen LogP contribution in [0.4, 0.5) is 0 Å². The minimum Gasteiger partial charge on any atom is -0.456 e. The van der Waals surface area contributed by atoms with Crippen LogP contribution in [0.15, 0.2) is 27.4 Å². The number of hydrogen-bond acceptors (Lipinski definition) is 7. The largest absolute Gasteiger partial charge is 0.456 e. The van der Waals surface area contributed by atoms with Gasteiger partial charge in [-0.05, 0) is 38.2 Å². The first kappa shape index (κ1) is 28.3. The number of hydrogen-bond donors (Lipinski definition) is 2. The second-order valence-electron chi connectivity index (χ2n) is 10.0. The van der Waals surface area contributed by atoms with E-state index in [1.165, 1.54) is 6.26 Å². The van der Waals surface area contributed by atoms with Crippen LogP contribution in [0.3, 0.4) is 0 Å². The van der Waals surface area contributed by atoms with Crippen molar-refractivity contribution in [1.82, 2.24) is 4.98 Å². The average Bonchev–Trinajstić information content (AvgIpc) is 3.18. The maximum atomic E-state index is 13.1. The molecule has 8 heteroatoms. The fourth-order valence-corrected chi connectivity index (χ4v) is 4.45. The Hall–Kier alpha value is -1.96. The topological polar surface area (TPSA) is 110 Å². The lowest BCUT2D eigenvalue weighted by Gasteiger charge is -2.34. The van der Waals surface area contributed by atoms with Crippen LogP contribution in [0.2, 0.25) is 0 Å². The molecule has 0 amide bonds. The van der Waals surface area contributed by atoms with Crippen molar-refractivity contribution in [2.45, 2.75) is 92.0 Å². The Morgan fingerprint density at radius 2 is 1.91 bits per heavy atom. The molecule has 1 aliphatic rings. The molecule has 7 nitrogen and oxygen atoms in total. The average molecular weight is 496 g/mol. The molecule has 1 aliphatic heterocycles. The Kier molecular flexibility index (Phi) is 10.1. The molecule has 34 heavy (non-hydrogen) atoms. The summed E-state index contributed by atoms with van der Waals surface area (Å²) in [7, 11) is 0. The summed E-state index contributed by atoms with van der Waals surface area (Å²) in [6.07, 6.45) is 4.59. The molecule has 1 aromatic rings. The summed E-state index contributed by atoms with van der Waals surface area (Å²) < 4.78 is 10.8. The maximum absolute atomic E-state index is 13.1. The number of oxazole rings is 1. The van der Waals surface area contributed by atoms with Gasteiger partial charge in [-0.2, -0.15) is 0 Å². The number of rotatable bonds is 2. The van der Waals surface area contributed by atoms with Crippen LogP contribution in [0.5, 0.6) is 0 Å². The van der Waals surface area contributed by atoms with E-state index in [-0.39, 0.29) is 23.2 Å². The SMILES string of the molecule is CC1=CC[C@@H](C(Cl)=Cc2coc(C)n2)OC(=O)C[C@H](O)C(C)(C)C(=O)[C@H](C)[C@@H](O)[C@@H](C)CCC1. The lowest BCUT2D eigenvalue weighted by atomic mass is 9.73. The molecule has 190 valence electrons. The minimum atomic E-state index is -1.27. The van der Waals surface area contributed by atoms with Gasteiger partial charge in [-0.15, -0.1) is 0 Å². The van der Waals surface area contributed by atoms with Crippen molar-refractivity contribution in [2.24, 2.45) is 17.3 Å². The van der Waals surface area contributed by atoms with Crippen LogP contribution in [-0.4, -0.2) is 45.3 Å². The number of aliphatic hydroxyl groups excluding tert-OH is 2. The molecule has 2 heterocycles. The van der Waals surface area contributed by atoms with Crippen LogP contribution in [-0.2, 0) is 14.3 Å². The molecular weight excluding hydrogens is 458 g/mol. The third-order valence-corrected chi connectivity index (χ3v) is 7.10. The number of ketones is 1. The highest BCUT2D eigenvalue weighted by molar-refractivity contribution is 6.32. The van der Waals surface area contributed by atoms with Crippen molar-refractivity contribution >= 4 is 29.4 Å². The summed E-state index contributed by atoms with van der Waals surface area (Å²) in [4.78, 5) is 30.1. The zero-order chi connectivity index (χ0) is 25.6. The van der Waals surface area contributed by atoms with Crippen LogP contribution in [0, 0.1) is 24.2 Å². The second kappa shape index (κ2) is 12.1. The van der Waals surface area contributed by atoms with Crippen LogP contribution in [0.1, 0.15) is 78.3 Å². The van der Waals surface area contributed by atoms with Gasteiger partial charge in [-0.25, -0.2) is 4.98 Å². The van der Waals surface area contributed by atoms with Crippen molar-refractivity contribution < 1.29 is 29.0 Å². The predicted octanol–water partition coefficient (Wildman–Crippen LogP) is 4.97. The van der Waals surface area contributed by atoms with Crippen molar-refractivity contribution in [2.75, 3.05) is 0 Å². The summed E-state index contributed by atoms with van der Waals surface area (Å²) in [6, 6.07) is 0. The van der Waals surface area contributed by atoms with Crippen molar-refractivity contribution in [1.29, 1.82) is 0 Å². The number of esters is 1. The molecule has 0 saturated carbocycles. The Balaban J connectivity index is 2.33. The van der Waals surface area contributed by atoms with Gasteiger partial charge < -0.3 is 19.4 Å². The fourth-order valence-electron chi connectivity index (χ4n) is 4.20. The number of halogens is 1. The highest BCUT2D eigenvalue weighted by atomic mass is 35.5. The molecule has 0 saturated heterocycles. The first-order chi connectivity index (χ1) is 15.8. The Morgan fingerprint density at radius 1 is 1.24 bits per heavy atom. The van der Waals surface area contributed by atoms with E-state index < -0.39 is 35.6 Å². The number of nitrogens with zero attached hydrogens (tertiary/aromatic N) is 1. The lowest BCUT2D eigenvalue weighted by Crippen LogP contribution is -2.45. The van der Waals surface area contributed by atoms with Crippen molar-refractivity contribution in [3.63, 3.8) is 0 Å². The molecule has 5 atom stereocenters. The highest BCUT2D eigenvalue weighted by Gasteiger charge is 2.42. The van der Waals surface area contributed by atoms with Crippen LogP contribution in [0.25, 0.3) is 6.08 Å². The Bertz CT molecular complexity index is 918. The zero-order valence-electron chi connectivity index (χ0n) is 21.0. The normalized spacial score (nSPS) is 30.6. The van der Waals surface area contributed by atoms with E-state index in [9.17, 15) is 19.8 Å². The fraction of sp³-hybridized carbons (Fsp3) is 0.654. The number of aliphatic hydroxyl groups is 2. The summed E-state index contributed by atoms with van der Waals surface area (Å²) in [6.45, 7) is 10.5. The van der Waals surface area contributed by atoms with E-state index >= 15 is 0 Å². The standard InChI is InChI=1S/C26H38ClNO6/c1-15-8-7-9-16(2)24(31)17(3)25(32)26(5,6)22(29)13-23(30)34-21(11-10-15)20(27)12-19-14-33-18(4)28-19/h10,12,14,16-17,21-22,24,29,31H,7-9,11,13H2,1-6H3/t16-,17+,21-,22-,24-/m0/s1. The molecule has 0 spiro atoms. The lowest BCUT2D eigenvalue weighted by molar-refractivity contribution is -0.153. The number of carbonyl (C=O) groups excluding carboxylic acids is 2. The van der Waals surface area contributed by atoms with Gasteiger partial charge in [0.05, 0.1) is 29.1 Å². The summed E-state index contributed by atoms with van der Waals surface area (Å²) in [5, 5.41) is 21.8. The van der Waals surface area contributed by atoms with Gasteiger partial charge in [0.15, 0.2) is 5.89 Å². The van der Waals surface area contributed by atoms with Gasteiger partial charge in [0, 0.05) is 19.3 Å². The van der Waals surface area contributed by atoms with Gasteiger partial charge in [-0.1, -0.05) is 50.9 Å². The third kappa shape index (κ3) is 7.52.